The van der Waals surface area contributed by atoms with Gasteiger partial charge in [0.05, 0.1) is 7.11 Å². The van der Waals surface area contributed by atoms with Gasteiger partial charge in [0.2, 0.25) is 0 Å². The topological polar surface area (TPSA) is 128 Å². The second-order valence-electron chi connectivity index (χ2n) is 5.05. The fourth-order valence-electron chi connectivity index (χ4n) is 1.70. The van der Waals surface area contributed by atoms with E-state index in [-0.39, 0.29) is 17.9 Å². The molecule has 4 N–H and O–H groups in total. The molecule has 0 aliphatic carbocycles. The van der Waals surface area contributed by atoms with E-state index in [1.807, 2.05) is 0 Å². The molecule has 0 aromatic heterocycles. The van der Waals surface area contributed by atoms with E-state index < -0.39 is 30.4 Å². The highest BCUT2D eigenvalue weighted by Gasteiger charge is 2.24. The van der Waals surface area contributed by atoms with Crippen LogP contribution in [0.5, 0.6) is 11.5 Å². The Kier molecular flexibility index (Phi) is 6.65. The number of esters is 1. The van der Waals surface area contributed by atoms with E-state index in [0.29, 0.717) is 5.56 Å². The maximum Gasteiger partial charge on any atom is 0.508 e. The fraction of sp³-hybridized carbons (Fsp3) is 0.467. The molecule has 0 saturated heterocycles. The van der Waals surface area contributed by atoms with Gasteiger partial charge in [0.15, 0.2) is 11.5 Å². The van der Waals surface area contributed by atoms with Crippen LogP contribution in [0.2, 0.25) is 0 Å². The molecule has 0 saturated carbocycles. The predicted molar refractivity (Wildman–Crippen MR) is 80.0 cm³/mol. The van der Waals surface area contributed by atoms with E-state index in [2.05, 4.69) is 4.74 Å². The van der Waals surface area contributed by atoms with Crippen LogP contribution in [0.4, 0.5) is 4.79 Å². The van der Waals surface area contributed by atoms with Gasteiger partial charge in [-0.05, 0) is 38.0 Å². The van der Waals surface area contributed by atoms with Crippen molar-refractivity contribution < 1.29 is 34.0 Å². The number of hydrogen-bond acceptors (Lipinski definition) is 8. The van der Waals surface area contributed by atoms with Crippen LogP contribution in [0.3, 0.4) is 0 Å². The molecule has 1 unspecified atom stereocenters. The Hall–Kier alpha value is -2.48. The Balaban J connectivity index is 2.55. The number of hydrogen-bond donors (Lipinski definition) is 3. The van der Waals surface area contributed by atoms with Crippen molar-refractivity contribution in [2.24, 2.45) is 5.73 Å². The van der Waals surface area contributed by atoms with Crippen LogP contribution in [0.1, 0.15) is 19.4 Å². The minimum absolute atomic E-state index is 0.117. The Bertz CT molecular complexity index is 561. The van der Waals surface area contributed by atoms with Gasteiger partial charge >= 0.3 is 12.1 Å². The van der Waals surface area contributed by atoms with Crippen LogP contribution in [0.25, 0.3) is 0 Å². The van der Waals surface area contributed by atoms with E-state index >= 15 is 0 Å². The smallest absolute Gasteiger partial charge is 0.504 e. The first-order valence-electron chi connectivity index (χ1n) is 6.96. The molecule has 8 nitrogen and oxygen atoms in total. The SMILES string of the molecule is COC(=O)OC(C)[C@H](C)OC(=O)[C@@H](N)Cc1ccc(O)c(O)c1. The number of benzene rings is 1. The van der Waals surface area contributed by atoms with Gasteiger partial charge in [0.25, 0.3) is 0 Å². The molecule has 0 heterocycles. The molecule has 0 amide bonds. The number of ether oxygens (including phenoxy) is 3. The maximum absolute atomic E-state index is 11.9. The van der Waals surface area contributed by atoms with Crippen molar-refractivity contribution in [1.82, 2.24) is 0 Å². The quantitative estimate of drug-likeness (QED) is 0.523. The average Bonchev–Trinajstić information content (AvgIpc) is 2.50. The normalized spacial score (nSPS) is 14.4. The molecule has 0 bridgehead atoms. The summed E-state index contributed by atoms with van der Waals surface area (Å²) in [6.07, 6.45) is -2.16. The number of nitrogens with two attached hydrogens (primary N) is 1. The van der Waals surface area contributed by atoms with E-state index in [1.54, 1.807) is 13.8 Å². The van der Waals surface area contributed by atoms with Gasteiger partial charge in [-0.2, -0.15) is 0 Å². The lowest BCUT2D eigenvalue weighted by atomic mass is 10.1. The summed E-state index contributed by atoms with van der Waals surface area (Å²) in [5.74, 6) is -1.23. The van der Waals surface area contributed by atoms with Crippen LogP contribution in [0.15, 0.2) is 18.2 Å². The highest BCUT2D eigenvalue weighted by molar-refractivity contribution is 5.76. The van der Waals surface area contributed by atoms with Crippen LogP contribution in [0, 0.1) is 0 Å². The van der Waals surface area contributed by atoms with Gasteiger partial charge in [-0.15, -0.1) is 0 Å². The van der Waals surface area contributed by atoms with Crippen molar-refractivity contribution >= 4 is 12.1 Å². The summed E-state index contributed by atoms with van der Waals surface area (Å²) in [4.78, 5) is 22.9. The van der Waals surface area contributed by atoms with Gasteiger partial charge in [-0.25, -0.2) is 4.79 Å². The second kappa shape index (κ2) is 8.23. The molecule has 23 heavy (non-hydrogen) atoms. The molecule has 8 heteroatoms. The zero-order valence-electron chi connectivity index (χ0n) is 13.2. The molecule has 1 aromatic rings. The molecular weight excluding hydrogens is 306 g/mol. The summed E-state index contributed by atoms with van der Waals surface area (Å²) in [7, 11) is 1.18. The van der Waals surface area contributed by atoms with E-state index in [0.717, 1.165) is 0 Å². The number of methoxy groups -OCH3 is 1. The van der Waals surface area contributed by atoms with E-state index in [1.165, 1.54) is 25.3 Å². The summed E-state index contributed by atoms with van der Waals surface area (Å²) < 4.78 is 14.3. The predicted octanol–water partition coefficient (Wildman–Crippen LogP) is 1.07. The zero-order chi connectivity index (χ0) is 17.6. The third-order valence-corrected chi connectivity index (χ3v) is 3.21. The Morgan fingerprint density at radius 3 is 2.30 bits per heavy atom. The minimum atomic E-state index is -0.966. The van der Waals surface area contributed by atoms with Crippen molar-refractivity contribution in [2.75, 3.05) is 7.11 Å². The Labute approximate surface area is 133 Å². The van der Waals surface area contributed by atoms with Crippen molar-refractivity contribution in [3.63, 3.8) is 0 Å². The summed E-state index contributed by atoms with van der Waals surface area (Å²) in [6, 6.07) is 3.19. The molecule has 0 aliphatic rings. The highest BCUT2D eigenvalue weighted by Crippen LogP contribution is 2.25. The van der Waals surface area contributed by atoms with Gasteiger partial charge in [-0.1, -0.05) is 6.07 Å². The Morgan fingerprint density at radius 2 is 1.74 bits per heavy atom. The van der Waals surface area contributed by atoms with E-state index in [4.69, 9.17) is 15.2 Å². The first-order valence-corrected chi connectivity index (χ1v) is 6.96. The van der Waals surface area contributed by atoms with Gasteiger partial charge in [0.1, 0.15) is 18.2 Å². The average molecular weight is 327 g/mol. The zero-order valence-corrected chi connectivity index (χ0v) is 13.2. The molecule has 1 aromatic carbocycles. The van der Waals surface area contributed by atoms with Crippen molar-refractivity contribution in [2.45, 2.75) is 38.5 Å². The number of carbonyl (C=O) groups excluding carboxylic acids is 2. The number of aromatic hydroxyl groups is 2. The lowest BCUT2D eigenvalue weighted by Gasteiger charge is -2.21. The third kappa shape index (κ3) is 5.67. The molecule has 128 valence electrons. The molecule has 0 radical (unpaired) electrons. The number of phenolic OH excluding ortho intramolecular Hbond substituents is 2. The van der Waals surface area contributed by atoms with Crippen molar-refractivity contribution in [3.8, 4) is 11.5 Å². The van der Waals surface area contributed by atoms with Crippen LogP contribution < -0.4 is 5.73 Å². The lowest BCUT2D eigenvalue weighted by molar-refractivity contribution is -0.155. The standard InChI is InChI=1S/C15H21NO7/c1-8(9(2)23-15(20)21-3)22-14(19)11(16)6-10-4-5-12(17)13(18)7-10/h4-5,7-9,11,17-18H,6,16H2,1-3H3/t8-,9?,11-/m0/s1. The number of phenols is 2. The summed E-state index contributed by atoms with van der Waals surface area (Å²) in [6.45, 7) is 3.11. The second-order valence-corrected chi connectivity index (χ2v) is 5.05. The number of carbonyl (C=O) groups is 2. The lowest BCUT2D eigenvalue weighted by Crippen LogP contribution is -2.39. The van der Waals surface area contributed by atoms with Crippen LogP contribution in [-0.4, -0.2) is 47.7 Å². The third-order valence-electron chi connectivity index (χ3n) is 3.21. The fourth-order valence-corrected chi connectivity index (χ4v) is 1.70. The molecule has 3 atom stereocenters. The van der Waals surface area contributed by atoms with E-state index in [9.17, 15) is 19.8 Å². The minimum Gasteiger partial charge on any atom is -0.504 e. The van der Waals surface area contributed by atoms with Gasteiger partial charge in [0, 0.05) is 0 Å². The van der Waals surface area contributed by atoms with Crippen LogP contribution >= 0.6 is 0 Å². The maximum atomic E-state index is 11.9. The van der Waals surface area contributed by atoms with Gasteiger partial charge in [-0.3, -0.25) is 4.79 Å². The summed E-state index contributed by atoms with van der Waals surface area (Å²) in [5.41, 5.74) is 6.33. The largest absolute Gasteiger partial charge is 0.508 e. The number of rotatable bonds is 6. The van der Waals surface area contributed by atoms with Gasteiger partial charge < -0.3 is 30.2 Å². The molecule has 0 aliphatic heterocycles. The van der Waals surface area contributed by atoms with Crippen LogP contribution in [-0.2, 0) is 25.4 Å². The molecule has 0 spiro atoms. The molecule has 1 rings (SSSR count). The Morgan fingerprint density at radius 1 is 1.13 bits per heavy atom. The summed E-state index contributed by atoms with van der Waals surface area (Å²) in [5, 5.41) is 18.6. The van der Waals surface area contributed by atoms with Crippen molar-refractivity contribution in [3.05, 3.63) is 23.8 Å². The van der Waals surface area contributed by atoms with Crippen molar-refractivity contribution in [1.29, 1.82) is 0 Å². The highest BCUT2D eigenvalue weighted by atomic mass is 16.7. The summed E-state index contributed by atoms with van der Waals surface area (Å²) >= 11 is 0. The monoisotopic (exact) mass is 327 g/mol. The first kappa shape index (κ1) is 18.6. The first-order chi connectivity index (χ1) is 10.7. The molecule has 0 fully saturated rings. The molecular formula is C15H21NO7.